The standard InChI is InChI=1S/C22H18BrClFN7O/c1-33-5-4-32-12-16(30-31-32)11-27-15-6-17-21(29-14-2-3-20(25)19(24)8-14)13(9-26)10-28-22(17)18(23)7-15/h2-3,6-8,10,12,27H,4-5,11H2,1H3,(H,28,29). The van der Waals surface area contributed by atoms with Crippen LogP contribution in [0.15, 0.2) is 47.2 Å². The second kappa shape index (κ2) is 10.1. The first-order valence-corrected chi connectivity index (χ1v) is 11.0. The summed E-state index contributed by atoms with van der Waals surface area (Å²) in [6.07, 6.45) is 3.34. The molecule has 0 atom stereocenters. The predicted molar refractivity (Wildman–Crippen MR) is 128 cm³/mol. The number of halogens is 3. The number of hydrogen-bond donors (Lipinski definition) is 2. The zero-order chi connectivity index (χ0) is 23.4. The van der Waals surface area contributed by atoms with E-state index in [4.69, 9.17) is 16.3 Å². The first kappa shape index (κ1) is 22.9. The van der Waals surface area contributed by atoms with Gasteiger partial charge in [0.25, 0.3) is 0 Å². The second-order valence-electron chi connectivity index (χ2n) is 7.09. The minimum Gasteiger partial charge on any atom is -0.383 e. The molecule has 8 nitrogen and oxygen atoms in total. The number of benzene rings is 2. The fourth-order valence-electron chi connectivity index (χ4n) is 3.21. The molecular weight excluding hydrogens is 513 g/mol. The first-order valence-electron chi connectivity index (χ1n) is 9.84. The van der Waals surface area contributed by atoms with Crippen LogP contribution in [0.4, 0.5) is 21.5 Å². The van der Waals surface area contributed by atoms with Gasteiger partial charge in [0.05, 0.1) is 47.7 Å². The predicted octanol–water partition coefficient (Wildman–Crippen LogP) is 5.26. The van der Waals surface area contributed by atoms with E-state index in [1.807, 2.05) is 18.3 Å². The van der Waals surface area contributed by atoms with Crippen LogP contribution in [0.3, 0.4) is 0 Å². The molecule has 2 aromatic heterocycles. The molecule has 0 amide bonds. The van der Waals surface area contributed by atoms with E-state index < -0.39 is 5.82 Å². The zero-order valence-corrected chi connectivity index (χ0v) is 19.8. The van der Waals surface area contributed by atoms with Crippen LogP contribution >= 0.6 is 27.5 Å². The van der Waals surface area contributed by atoms with Crippen molar-refractivity contribution in [3.8, 4) is 6.07 Å². The van der Waals surface area contributed by atoms with Gasteiger partial charge in [-0.25, -0.2) is 9.07 Å². The van der Waals surface area contributed by atoms with Gasteiger partial charge < -0.3 is 15.4 Å². The number of methoxy groups -OCH3 is 1. The first-order chi connectivity index (χ1) is 16.0. The molecule has 0 radical (unpaired) electrons. The Labute approximate surface area is 202 Å². The van der Waals surface area contributed by atoms with Crippen LogP contribution in [-0.4, -0.2) is 33.7 Å². The van der Waals surface area contributed by atoms with E-state index in [0.717, 1.165) is 15.9 Å². The highest BCUT2D eigenvalue weighted by atomic mass is 79.9. The summed E-state index contributed by atoms with van der Waals surface area (Å²) in [5.41, 5.74) is 3.66. The van der Waals surface area contributed by atoms with E-state index in [1.165, 1.54) is 18.3 Å². The molecule has 0 unspecified atom stereocenters. The lowest BCUT2D eigenvalue weighted by atomic mass is 10.1. The summed E-state index contributed by atoms with van der Waals surface area (Å²) in [4.78, 5) is 4.42. The SMILES string of the molecule is COCCn1cc(CNc2cc(Br)c3ncc(C#N)c(Nc4ccc(F)c(Cl)c4)c3c2)nn1. The van der Waals surface area contributed by atoms with Crippen molar-refractivity contribution >= 4 is 55.5 Å². The maximum Gasteiger partial charge on any atom is 0.141 e. The molecule has 0 saturated carbocycles. The maximum absolute atomic E-state index is 13.6. The van der Waals surface area contributed by atoms with Crippen molar-refractivity contribution in [3.05, 3.63) is 69.3 Å². The molecule has 168 valence electrons. The molecule has 4 rings (SSSR count). The van der Waals surface area contributed by atoms with Gasteiger partial charge in [-0.05, 0) is 46.3 Å². The normalized spacial score (nSPS) is 10.9. The summed E-state index contributed by atoms with van der Waals surface area (Å²) in [7, 11) is 1.64. The molecule has 0 aliphatic carbocycles. The van der Waals surface area contributed by atoms with Gasteiger partial charge >= 0.3 is 0 Å². The Bertz CT molecular complexity index is 1350. The van der Waals surface area contributed by atoms with Gasteiger partial charge in [0, 0.05) is 34.5 Å². The second-order valence-corrected chi connectivity index (χ2v) is 8.35. The van der Waals surface area contributed by atoms with Crippen LogP contribution < -0.4 is 10.6 Å². The lowest BCUT2D eigenvalue weighted by Gasteiger charge is -2.14. The highest BCUT2D eigenvalue weighted by molar-refractivity contribution is 9.10. The van der Waals surface area contributed by atoms with E-state index in [2.05, 4.69) is 47.9 Å². The van der Waals surface area contributed by atoms with Crippen LogP contribution in [0.2, 0.25) is 5.02 Å². The zero-order valence-electron chi connectivity index (χ0n) is 17.4. The van der Waals surface area contributed by atoms with Crippen molar-refractivity contribution in [2.24, 2.45) is 0 Å². The molecule has 0 spiro atoms. The Kier molecular flexibility index (Phi) is 7.03. The van der Waals surface area contributed by atoms with Gasteiger partial charge in [0.1, 0.15) is 17.6 Å². The van der Waals surface area contributed by atoms with Crippen LogP contribution in [0.5, 0.6) is 0 Å². The largest absolute Gasteiger partial charge is 0.383 e. The van der Waals surface area contributed by atoms with Gasteiger partial charge in [-0.3, -0.25) is 4.98 Å². The van der Waals surface area contributed by atoms with E-state index in [9.17, 15) is 9.65 Å². The fraction of sp³-hybridized carbons (Fsp3) is 0.182. The number of rotatable bonds is 8. The Morgan fingerprint density at radius 1 is 1.27 bits per heavy atom. The van der Waals surface area contributed by atoms with Gasteiger partial charge in [0.2, 0.25) is 0 Å². The van der Waals surface area contributed by atoms with Crippen LogP contribution in [0.1, 0.15) is 11.3 Å². The number of pyridine rings is 1. The molecule has 0 aliphatic rings. The summed E-state index contributed by atoms with van der Waals surface area (Å²) in [6.45, 7) is 1.62. The molecule has 0 fully saturated rings. The molecule has 0 aliphatic heterocycles. The van der Waals surface area contributed by atoms with Crippen molar-refractivity contribution < 1.29 is 9.13 Å². The maximum atomic E-state index is 13.6. The highest BCUT2D eigenvalue weighted by Crippen LogP contribution is 2.35. The smallest absolute Gasteiger partial charge is 0.141 e. The number of aromatic nitrogens is 4. The molecule has 2 heterocycles. The quantitative estimate of drug-likeness (QED) is 0.321. The van der Waals surface area contributed by atoms with E-state index in [0.29, 0.717) is 47.5 Å². The number of hydrogen-bond acceptors (Lipinski definition) is 7. The summed E-state index contributed by atoms with van der Waals surface area (Å²) in [5.74, 6) is -0.518. The Morgan fingerprint density at radius 3 is 2.88 bits per heavy atom. The van der Waals surface area contributed by atoms with Crippen molar-refractivity contribution in [3.63, 3.8) is 0 Å². The van der Waals surface area contributed by atoms with Crippen LogP contribution in [0, 0.1) is 17.1 Å². The van der Waals surface area contributed by atoms with E-state index >= 15 is 0 Å². The minimum absolute atomic E-state index is 0.0149. The van der Waals surface area contributed by atoms with Crippen molar-refractivity contribution in [1.82, 2.24) is 20.0 Å². The molecule has 33 heavy (non-hydrogen) atoms. The number of fused-ring (bicyclic) bond motifs is 1. The van der Waals surface area contributed by atoms with Crippen LogP contribution in [0.25, 0.3) is 10.9 Å². The Hall–Kier alpha value is -3.26. The van der Waals surface area contributed by atoms with E-state index in [-0.39, 0.29) is 5.02 Å². The lowest BCUT2D eigenvalue weighted by molar-refractivity contribution is 0.183. The third kappa shape index (κ3) is 5.22. The average molecular weight is 531 g/mol. The molecule has 0 bridgehead atoms. The summed E-state index contributed by atoms with van der Waals surface area (Å²) in [5, 5.41) is 25.1. The number of nitrogens with one attached hydrogen (secondary N) is 2. The topological polar surface area (TPSA) is 101 Å². The summed E-state index contributed by atoms with van der Waals surface area (Å²) in [6, 6.07) is 10.2. The number of nitriles is 1. The highest BCUT2D eigenvalue weighted by Gasteiger charge is 2.14. The monoisotopic (exact) mass is 529 g/mol. The number of anilines is 3. The number of nitrogens with zero attached hydrogens (tertiary/aromatic N) is 5. The van der Waals surface area contributed by atoms with Gasteiger partial charge in [0.15, 0.2) is 0 Å². The Balaban J connectivity index is 1.65. The van der Waals surface area contributed by atoms with Gasteiger partial charge in [-0.2, -0.15) is 5.26 Å². The number of ether oxygens (including phenoxy) is 1. The fourth-order valence-corrected chi connectivity index (χ4v) is 3.95. The van der Waals surface area contributed by atoms with Crippen molar-refractivity contribution in [1.29, 1.82) is 5.26 Å². The van der Waals surface area contributed by atoms with E-state index in [1.54, 1.807) is 17.9 Å². The molecule has 2 aromatic carbocycles. The third-order valence-electron chi connectivity index (χ3n) is 4.82. The molecule has 2 N–H and O–H groups in total. The lowest BCUT2D eigenvalue weighted by Crippen LogP contribution is -2.04. The average Bonchev–Trinajstić information content (AvgIpc) is 3.27. The van der Waals surface area contributed by atoms with Crippen molar-refractivity contribution in [2.75, 3.05) is 24.4 Å². The molecular formula is C22H18BrClFN7O. The van der Waals surface area contributed by atoms with Crippen LogP contribution in [-0.2, 0) is 17.8 Å². The van der Waals surface area contributed by atoms with Gasteiger partial charge in [-0.15, -0.1) is 5.10 Å². The molecule has 4 aromatic rings. The molecule has 0 saturated heterocycles. The minimum atomic E-state index is -0.518. The third-order valence-corrected chi connectivity index (χ3v) is 5.71. The Morgan fingerprint density at radius 2 is 2.12 bits per heavy atom. The summed E-state index contributed by atoms with van der Waals surface area (Å²) < 4.78 is 21.1. The summed E-state index contributed by atoms with van der Waals surface area (Å²) >= 11 is 9.49. The molecule has 11 heteroatoms. The van der Waals surface area contributed by atoms with Gasteiger partial charge in [-0.1, -0.05) is 16.8 Å². The van der Waals surface area contributed by atoms with Crippen molar-refractivity contribution in [2.45, 2.75) is 13.1 Å².